The molecule has 0 heterocycles. The van der Waals surface area contributed by atoms with Crippen LogP contribution in [0.1, 0.15) is 22.7 Å². The number of aryl methyl sites for hydroxylation is 1. The smallest absolute Gasteiger partial charge is 0.142 e. The largest absolute Gasteiger partial charge is 0.309 e. The zero-order valence-electron chi connectivity index (χ0n) is 10.7. The van der Waals surface area contributed by atoms with Crippen LogP contribution in [-0.2, 0) is 0 Å². The fourth-order valence-electron chi connectivity index (χ4n) is 2.01. The van der Waals surface area contributed by atoms with Crippen molar-refractivity contribution in [2.45, 2.75) is 13.0 Å². The van der Waals surface area contributed by atoms with Crippen LogP contribution in [0.5, 0.6) is 0 Å². The van der Waals surface area contributed by atoms with Crippen molar-refractivity contribution in [3.8, 4) is 0 Å². The van der Waals surface area contributed by atoms with Gasteiger partial charge in [-0.15, -0.1) is 0 Å². The summed E-state index contributed by atoms with van der Waals surface area (Å²) in [5.74, 6) is -0.419. The maximum absolute atomic E-state index is 13.5. The predicted octanol–water partition coefficient (Wildman–Crippen LogP) is 4.75. The van der Waals surface area contributed by atoms with Gasteiger partial charge in [-0.1, -0.05) is 41.4 Å². The average Bonchev–Trinajstić information content (AvgIpc) is 2.39. The minimum Gasteiger partial charge on any atom is -0.309 e. The minimum atomic E-state index is -0.419. The minimum absolute atomic E-state index is 0.120. The van der Waals surface area contributed by atoms with Gasteiger partial charge in [0.15, 0.2) is 0 Å². The van der Waals surface area contributed by atoms with Crippen LogP contribution in [0.4, 0.5) is 4.39 Å². The molecule has 1 unspecified atom stereocenters. The molecule has 0 radical (unpaired) electrons. The summed E-state index contributed by atoms with van der Waals surface area (Å²) in [6.07, 6.45) is 0. The van der Waals surface area contributed by atoms with Gasteiger partial charge in [-0.2, -0.15) is 0 Å². The summed E-state index contributed by atoms with van der Waals surface area (Å²) in [5.41, 5.74) is 2.81. The van der Waals surface area contributed by atoms with Crippen molar-refractivity contribution in [2.75, 3.05) is 7.05 Å². The van der Waals surface area contributed by atoms with Crippen LogP contribution in [0, 0.1) is 12.7 Å². The van der Waals surface area contributed by atoms with Crippen LogP contribution < -0.4 is 5.32 Å². The Labute approximate surface area is 122 Å². The monoisotopic (exact) mass is 297 g/mol. The molecule has 4 heteroatoms. The first-order valence-electron chi connectivity index (χ1n) is 5.91. The average molecular weight is 298 g/mol. The first kappa shape index (κ1) is 14.3. The number of rotatable bonds is 3. The molecular weight excluding hydrogens is 284 g/mol. The van der Waals surface area contributed by atoms with E-state index in [2.05, 4.69) is 5.32 Å². The van der Waals surface area contributed by atoms with Crippen LogP contribution in [0.2, 0.25) is 10.0 Å². The molecule has 1 atom stereocenters. The highest BCUT2D eigenvalue weighted by Crippen LogP contribution is 2.28. The van der Waals surface area contributed by atoms with Crippen molar-refractivity contribution >= 4 is 23.2 Å². The molecule has 2 rings (SSSR count). The van der Waals surface area contributed by atoms with Crippen molar-refractivity contribution in [3.05, 3.63) is 69.0 Å². The summed E-state index contributed by atoms with van der Waals surface area (Å²) in [7, 11) is 1.82. The molecule has 0 spiro atoms. The molecule has 1 N–H and O–H groups in total. The van der Waals surface area contributed by atoms with E-state index in [1.165, 1.54) is 6.07 Å². The Morgan fingerprint density at radius 1 is 1.00 bits per heavy atom. The maximum Gasteiger partial charge on any atom is 0.142 e. The molecule has 0 aliphatic heterocycles. The van der Waals surface area contributed by atoms with Crippen molar-refractivity contribution in [1.82, 2.24) is 5.32 Å². The van der Waals surface area contributed by atoms with Crippen molar-refractivity contribution in [3.63, 3.8) is 0 Å². The van der Waals surface area contributed by atoms with Crippen LogP contribution in [-0.4, -0.2) is 7.05 Å². The molecular formula is C15H14Cl2FN. The van der Waals surface area contributed by atoms with E-state index in [1.807, 2.05) is 32.2 Å². The highest BCUT2D eigenvalue weighted by Gasteiger charge is 2.14. The zero-order valence-corrected chi connectivity index (χ0v) is 12.2. The number of hydrogen-bond acceptors (Lipinski definition) is 1. The third-order valence-electron chi connectivity index (χ3n) is 3.09. The van der Waals surface area contributed by atoms with Gasteiger partial charge in [0.25, 0.3) is 0 Å². The Morgan fingerprint density at radius 3 is 2.21 bits per heavy atom. The second kappa shape index (κ2) is 5.91. The third-order valence-corrected chi connectivity index (χ3v) is 3.81. The van der Waals surface area contributed by atoms with E-state index in [9.17, 15) is 4.39 Å². The van der Waals surface area contributed by atoms with Crippen molar-refractivity contribution in [2.24, 2.45) is 0 Å². The lowest BCUT2D eigenvalue weighted by Gasteiger charge is -2.18. The highest BCUT2D eigenvalue weighted by molar-refractivity contribution is 6.31. The normalized spacial score (nSPS) is 12.5. The predicted molar refractivity (Wildman–Crippen MR) is 78.5 cm³/mol. The quantitative estimate of drug-likeness (QED) is 0.862. The summed E-state index contributed by atoms with van der Waals surface area (Å²) < 4.78 is 13.5. The second-order valence-corrected chi connectivity index (χ2v) is 5.22. The molecule has 0 bridgehead atoms. The Morgan fingerprint density at radius 2 is 1.63 bits per heavy atom. The fraction of sp³-hybridized carbons (Fsp3) is 0.200. The van der Waals surface area contributed by atoms with Gasteiger partial charge in [0.05, 0.1) is 11.1 Å². The van der Waals surface area contributed by atoms with Gasteiger partial charge in [0.1, 0.15) is 5.82 Å². The fourth-order valence-corrected chi connectivity index (χ4v) is 2.31. The van der Waals surface area contributed by atoms with Gasteiger partial charge in [0, 0.05) is 5.02 Å². The van der Waals surface area contributed by atoms with Gasteiger partial charge < -0.3 is 5.32 Å². The number of nitrogens with one attached hydrogen (secondary N) is 1. The van der Waals surface area contributed by atoms with Crippen molar-refractivity contribution < 1.29 is 4.39 Å². The molecule has 0 aliphatic carbocycles. The Hall–Kier alpha value is -1.09. The molecule has 2 aromatic rings. The highest BCUT2D eigenvalue weighted by atomic mass is 35.5. The summed E-state index contributed by atoms with van der Waals surface area (Å²) >= 11 is 11.8. The summed E-state index contributed by atoms with van der Waals surface area (Å²) in [6.45, 7) is 1.95. The second-order valence-electron chi connectivity index (χ2n) is 4.40. The number of benzene rings is 2. The first-order chi connectivity index (χ1) is 9.02. The number of hydrogen-bond donors (Lipinski definition) is 1. The number of halogens is 3. The zero-order chi connectivity index (χ0) is 14.0. The van der Waals surface area contributed by atoms with Gasteiger partial charge in [-0.3, -0.25) is 0 Å². The molecule has 0 fully saturated rings. The molecule has 100 valence electrons. The molecule has 2 aromatic carbocycles. The summed E-state index contributed by atoms with van der Waals surface area (Å²) in [6, 6.07) is 10.5. The van der Waals surface area contributed by atoms with Gasteiger partial charge in [-0.05, 0) is 48.9 Å². The van der Waals surface area contributed by atoms with Crippen molar-refractivity contribution in [1.29, 1.82) is 0 Å². The Balaban J connectivity index is 2.43. The molecule has 0 saturated carbocycles. The first-order valence-corrected chi connectivity index (χ1v) is 6.66. The molecule has 0 aromatic heterocycles. The molecule has 0 aliphatic rings. The standard InChI is InChI=1S/C15H14Cl2FN/c1-9-3-4-10(7-13(9)17)15(19-2)11-5-6-12(16)14(18)8-11/h3-8,15,19H,1-2H3. The van der Waals surface area contributed by atoms with E-state index in [0.29, 0.717) is 5.02 Å². The van der Waals surface area contributed by atoms with Gasteiger partial charge in [0.2, 0.25) is 0 Å². The summed E-state index contributed by atoms with van der Waals surface area (Å²) in [5, 5.41) is 3.99. The lowest BCUT2D eigenvalue weighted by Crippen LogP contribution is -2.17. The van der Waals surface area contributed by atoms with Gasteiger partial charge >= 0.3 is 0 Å². The van der Waals surface area contributed by atoms with Crippen LogP contribution in [0.15, 0.2) is 36.4 Å². The Kier molecular flexibility index (Phi) is 4.46. The maximum atomic E-state index is 13.5. The lowest BCUT2D eigenvalue weighted by molar-refractivity contribution is 0.617. The third kappa shape index (κ3) is 3.08. The van der Waals surface area contributed by atoms with E-state index in [0.717, 1.165) is 16.7 Å². The van der Waals surface area contributed by atoms with E-state index in [-0.39, 0.29) is 11.1 Å². The van der Waals surface area contributed by atoms with E-state index in [4.69, 9.17) is 23.2 Å². The van der Waals surface area contributed by atoms with Gasteiger partial charge in [-0.25, -0.2) is 4.39 Å². The Bertz CT molecular complexity index is 547. The molecule has 1 nitrogen and oxygen atoms in total. The van der Waals surface area contributed by atoms with Crippen LogP contribution >= 0.6 is 23.2 Å². The van der Waals surface area contributed by atoms with Crippen LogP contribution in [0.25, 0.3) is 0 Å². The molecule has 0 amide bonds. The molecule has 0 saturated heterocycles. The van der Waals surface area contributed by atoms with E-state index < -0.39 is 5.82 Å². The van der Waals surface area contributed by atoms with E-state index in [1.54, 1.807) is 12.1 Å². The SMILES string of the molecule is CNC(c1ccc(Cl)c(F)c1)c1ccc(C)c(Cl)c1. The van der Waals surface area contributed by atoms with Crippen LogP contribution in [0.3, 0.4) is 0 Å². The van der Waals surface area contributed by atoms with E-state index >= 15 is 0 Å². The topological polar surface area (TPSA) is 12.0 Å². The lowest BCUT2D eigenvalue weighted by atomic mass is 9.98. The molecule has 19 heavy (non-hydrogen) atoms. The summed E-state index contributed by atoms with van der Waals surface area (Å²) in [4.78, 5) is 0.